The lowest BCUT2D eigenvalue weighted by atomic mass is 9.78. The number of carbonyl (C=O) groups is 1. The number of fused-ring (bicyclic) bond motifs is 1. The maximum Gasteiger partial charge on any atom is 0.339 e. The van der Waals surface area contributed by atoms with Crippen LogP contribution in [0.15, 0.2) is 54.6 Å². The summed E-state index contributed by atoms with van der Waals surface area (Å²) >= 11 is 0. The molecule has 1 fully saturated rings. The molecule has 0 aliphatic heterocycles. The van der Waals surface area contributed by atoms with Gasteiger partial charge in [-0.05, 0) is 44.0 Å². The average Bonchev–Trinajstić information content (AvgIpc) is 3.10. The molecule has 0 saturated heterocycles. The van der Waals surface area contributed by atoms with Gasteiger partial charge in [0.1, 0.15) is 0 Å². The lowest BCUT2D eigenvalue weighted by Crippen LogP contribution is -2.39. The van der Waals surface area contributed by atoms with Crippen molar-refractivity contribution in [1.29, 1.82) is 0 Å². The van der Waals surface area contributed by atoms with Gasteiger partial charge in [-0.1, -0.05) is 43.4 Å². The Morgan fingerprint density at radius 3 is 2.62 bits per heavy atom. The number of benzene rings is 2. The van der Waals surface area contributed by atoms with Crippen molar-refractivity contribution in [3.8, 4) is 17.2 Å². The second-order valence-corrected chi connectivity index (χ2v) is 10.3. The molecule has 2 atom stereocenters. The molecule has 0 spiro atoms. The predicted octanol–water partition coefficient (Wildman–Crippen LogP) is 7.02. The zero-order valence-corrected chi connectivity index (χ0v) is 17.9. The van der Waals surface area contributed by atoms with E-state index in [1.165, 1.54) is 21.4 Å². The lowest BCUT2D eigenvalue weighted by molar-refractivity contribution is -0.0168. The topological polar surface area (TPSA) is 26.3 Å². The van der Waals surface area contributed by atoms with Crippen molar-refractivity contribution in [3.05, 3.63) is 65.0 Å². The van der Waals surface area contributed by atoms with Gasteiger partial charge in [0.25, 0.3) is 0 Å². The van der Waals surface area contributed by atoms with Gasteiger partial charge in [0.05, 0.1) is 5.56 Å². The fraction of sp³-hybridized carbons (Fsp3) is 0.346. The molecule has 1 heterocycles. The van der Waals surface area contributed by atoms with E-state index < -0.39 is 5.60 Å². The number of terminal acetylenes is 1. The SMILES string of the molecule is C#CC(C)(OC(=O)c1cccc(-[s+]2c(C)cc3ccccc32)c1)C1CCCCC1. The fourth-order valence-corrected chi connectivity index (χ4v) is 6.69. The van der Waals surface area contributed by atoms with Crippen LogP contribution in [0.4, 0.5) is 0 Å². The minimum atomic E-state index is -0.842. The Bertz CT molecular complexity index is 1080. The van der Waals surface area contributed by atoms with Crippen molar-refractivity contribution in [2.45, 2.75) is 51.6 Å². The highest BCUT2D eigenvalue weighted by atomic mass is 32.2. The van der Waals surface area contributed by atoms with E-state index in [9.17, 15) is 4.79 Å². The first-order valence-corrected chi connectivity index (χ1v) is 11.6. The van der Waals surface area contributed by atoms with Gasteiger partial charge in [-0.25, -0.2) is 4.79 Å². The van der Waals surface area contributed by atoms with Crippen LogP contribution in [0.3, 0.4) is 0 Å². The molecule has 29 heavy (non-hydrogen) atoms. The quantitative estimate of drug-likeness (QED) is 0.266. The van der Waals surface area contributed by atoms with Crippen LogP contribution in [-0.4, -0.2) is 11.6 Å². The van der Waals surface area contributed by atoms with Gasteiger partial charge in [-0.3, -0.25) is 0 Å². The Balaban J connectivity index is 1.64. The third kappa shape index (κ3) is 3.82. The van der Waals surface area contributed by atoms with Crippen molar-refractivity contribution in [1.82, 2.24) is 0 Å². The number of esters is 1. The van der Waals surface area contributed by atoms with E-state index >= 15 is 0 Å². The normalized spacial score (nSPS) is 17.5. The molecule has 2 unspecified atom stereocenters. The molecular formula is C26H27O2S+. The molecular weight excluding hydrogens is 376 g/mol. The Kier molecular flexibility index (Phi) is 5.48. The van der Waals surface area contributed by atoms with Crippen LogP contribution in [0, 0.1) is 25.2 Å². The largest absolute Gasteiger partial charge is 0.442 e. The van der Waals surface area contributed by atoms with E-state index in [2.05, 4.69) is 49.2 Å². The molecule has 3 heteroatoms. The van der Waals surface area contributed by atoms with Crippen LogP contribution in [0.1, 0.15) is 54.3 Å². The van der Waals surface area contributed by atoms with E-state index in [1.807, 2.05) is 25.1 Å². The second-order valence-electron chi connectivity index (χ2n) is 8.10. The van der Waals surface area contributed by atoms with Gasteiger partial charge in [0, 0.05) is 40.8 Å². The van der Waals surface area contributed by atoms with Crippen LogP contribution >= 0.6 is 10.5 Å². The standard InChI is InChI=1S/C26H27O2S/c1-4-26(3,22-13-6-5-7-14-22)28-25(27)21-12-10-15-23(18-21)29-19(2)17-20-11-8-9-16-24(20)29/h1,8-12,15-18,22H,5-7,13-14H2,2-3H3/q+1. The number of carbonyl (C=O) groups excluding carboxylic acids is 1. The smallest absolute Gasteiger partial charge is 0.339 e. The van der Waals surface area contributed by atoms with Crippen molar-refractivity contribution in [3.63, 3.8) is 0 Å². The zero-order valence-electron chi connectivity index (χ0n) is 17.1. The molecule has 148 valence electrons. The van der Waals surface area contributed by atoms with Crippen LogP contribution in [0.2, 0.25) is 0 Å². The summed E-state index contributed by atoms with van der Waals surface area (Å²) in [6.45, 7) is 4.05. The van der Waals surface area contributed by atoms with Crippen LogP contribution in [-0.2, 0) is 4.74 Å². The van der Waals surface area contributed by atoms with Crippen molar-refractivity contribution in [2.24, 2.45) is 5.92 Å². The first kappa shape index (κ1) is 19.7. The molecule has 0 amide bonds. The van der Waals surface area contributed by atoms with Gasteiger partial charge in [-0.15, -0.1) is 6.42 Å². The molecule has 3 aromatic rings. The summed E-state index contributed by atoms with van der Waals surface area (Å²) in [6, 6.07) is 18.5. The Morgan fingerprint density at radius 2 is 1.86 bits per heavy atom. The van der Waals surface area contributed by atoms with Gasteiger partial charge < -0.3 is 4.74 Å². The molecule has 2 aromatic carbocycles. The highest BCUT2D eigenvalue weighted by Crippen LogP contribution is 2.43. The Labute approximate surface area is 175 Å². The number of ether oxygens (including phenoxy) is 1. The number of hydrogen-bond acceptors (Lipinski definition) is 2. The lowest BCUT2D eigenvalue weighted by Gasteiger charge is -2.35. The van der Waals surface area contributed by atoms with E-state index in [1.54, 1.807) is 0 Å². The van der Waals surface area contributed by atoms with Gasteiger partial charge >= 0.3 is 5.97 Å². The molecule has 1 aliphatic carbocycles. The van der Waals surface area contributed by atoms with E-state index in [0.717, 1.165) is 30.6 Å². The number of aryl methyl sites for hydroxylation is 1. The highest BCUT2D eigenvalue weighted by Gasteiger charge is 2.37. The van der Waals surface area contributed by atoms with E-state index in [-0.39, 0.29) is 22.4 Å². The number of hydrogen-bond donors (Lipinski definition) is 0. The maximum absolute atomic E-state index is 13.0. The fourth-order valence-electron chi connectivity index (χ4n) is 4.44. The van der Waals surface area contributed by atoms with Crippen molar-refractivity contribution >= 4 is 26.5 Å². The molecule has 0 N–H and O–H groups in total. The van der Waals surface area contributed by atoms with Crippen LogP contribution < -0.4 is 0 Å². The molecule has 0 bridgehead atoms. The van der Waals surface area contributed by atoms with E-state index in [0.29, 0.717) is 5.56 Å². The molecule has 1 aromatic heterocycles. The van der Waals surface area contributed by atoms with Gasteiger partial charge in [-0.2, -0.15) is 0 Å². The zero-order chi connectivity index (χ0) is 20.4. The first-order valence-electron chi connectivity index (χ1n) is 10.3. The van der Waals surface area contributed by atoms with Crippen LogP contribution in [0.5, 0.6) is 0 Å². The third-order valence-electron chi connectivity index (χ3n) is 6.10. The third-order valence-corrected chi connectivity index (χ3v) is 8.40. The Morgan fingerprint density at radius 1 is 1.10 bits per heavy atom. The highest BCUT2D eigenvalue weighted by molar-refractivity contribution is 7.45. The summed E-state index contributed by atoms with van der Waals surface area (Å²) < 4.78 is 7.25. The second kappa shape index (κ2) is 8.05. The Hall–Kier alpha value is -2.57. The van der Waals surface area contributed by atoms with Crippen molar-refractivity contribution < 1.29 is 9.53 Å². The number of rotatable bonds is 4. The minimum Gasteiger partial charge on any atom is -0.442 e. The summed E-state index contributed by atoms with van der Waals surface area (Å²) in [5.41, 5.74) is -0.268. The summed E-state index contributed by atoms with van der Waals surface area (Å²) in [4.78, 5) is 15.5. The monoisotopic (exact) mass is 403 g/mol. The van der Waals surface area contributed by atoms with Gasteiger partial charge in [0.2, 0.25) is 0 Å². The molecule has 2 nitrogen and oxygen atoms in total. The van der Waals surface area contributed by atoms with Gasteiger partial charge in [0.15, 0.2) is 20.1 Å². The average molecular weight is 404 g/mol. The van der Waals surface area contributed by atoms with Crippen LogP contribution in [0.25, 0.3) is 15.0 Å². The summed E-state index contributed by atoms with van der Waals surface area (Å²) in [5, 5.41) is 1.26. The predicted molar refractivity (Wildman–Crippen MR) is 122 cm³/mol. The summed E-state index contributed by atoms with van der Waals surface area (Å²) in [7, 11) is -0.153. The minimum absolute atomic E-state index is 0.153. The maximum atomic E-state index is 13.0. The number of thiophene rings is 1. The molecule has 4 rings (SSSR count). The molecule has 0 radical (unpaired) electrons. The summed E-state index contributed by atoms with van der Waals surface area (Å²) in [5.74, 6) is 2.70. The molecule has 1 saturated carbocycles. The van der Waals surface area contributed by atoms with E-state index in [4.69, 9.17) is 11.2 Å². The summed E-state index contributed by atoms with van der Waals surface area (Å²) in [6.07, 6.45) is 11.4. The molecule has 1 aliphatic rings. The first-order chi connectivity index (χ1) is 14.0. The van der Waals surface area contributed by atoms with Crippen molar-refractivity contribution in [2.75, 3.05) is 0 Å².